The number of aryl methyl sites for hydroxylation is 2. The predicted octanol–water partition coefficient (Wildman–Crippen LogP) is 0.787. The summed E-state index contributed by atoms with van der Waals surface area (Å²) in [6, 6.07) is 0. The molecule has 0 radical (unpaired) electrons. The molecule has 0 saturated heterocycles. The lowest BCUT2D eigenvalue weighted by Gasteiger charge is -2.20. The zero-order valence-corrected chi connectivity index (χ0v) is 13.0. The van der Waals surface area contributed by atoms with Gasteiger partial charge in [0, 0.05) is 26.5 Å². The minimum absolute atomic E-state index is 0.587. The van der Waals surface area contributed by atoms with Crippen molar-refractivity contribution >= 4 is 17.3 Å². The number of rotatable bonds is 4. The van der Waals surface area contributed by atoms with Crippen molar-refractivity contribution in [1.82, 2.24) is 30.0 Å². The van der Waals surface area contributed by atoms with Crippen LogP contribution in [0.15, 0.2) is 16.7 Å². The fourth-order valence-corrected chi connectivity index (χ4v) is 2.41. The summed E-state index contributed by atoms with van der Waals surface area (Å²) in [5.41, 5.74) is 1.05. The van der Waals surface area contributed by atoms with Crippen molar-refractivity contribution in [2.45, 2.75) is 20.0 Å². The summed E-state index contributed by atoms with van der Waals surface area (Å²) in [4.78, 5) is 10.8. The summed E-state index contributed by atoms with van der Waals surface area (Å²) in [5.74, 6) is 1.67. The normalized spacial score (nSPS) is 11.7. The van der Waals surface area contributed by atoms with Gasteiger partial charge in [0.1, 0.15) is 6.33 Å². The maximum atomic E-state index is 4.46. The molecule has 0 saturated carbocycles. The third-order valence-corrected chi connectivity index (χ3v) is 3.67. The summed E-state index contributed by atoms with van der Waals surface area (Å²) >= 11 is 1.66. The average Bonchev–Trinajstić information content (AvgIpc) is 3.00. The van der Waals surface area contributed by atoms with E-state index in [0.717, 1.165) is 29.0 Å². The predicted molar refractivity (Wildman–Crippen MR) is 79.5 cm³/mol. The summed E-state index contributed by atoms with van der Waals surface area (Å²) < 4.78 is 1.88. The molecule has 7 nitrogen and oxygen atoms in total. The summed E-state index contributed by atoms with van der Waals surface area (Å²) in [7, 11) is 5.67. The Kier molecular flexibility index (Phi) is 4.67. The van der Waals surface area contributed by atoms with Crippen LogP contribution in [0.25, 0.3) is 0 Å². The highest BCUT2D eigenvalue weighted by atomic mass is 32.1. The van der Waals surface area contributed by atoms with E-state index in [2.05, 4.69) is 30.9 Å². The fraction of sp³-hybridized carbons (Fsp3) is 0.500. The summed E-state index contributed by atoms with van der Waals surface area (Å²) in [6.45, 7) is 3.32. The van der Waals surface area contributed by atoms with Crippen LogP contribution in [0.3, 0.4) is 0 Å². The number of thiazole rings is 1. The van der Waals surface area contributed by atoms with Gasteiger partial charge in [-0.25, -0.2) is 4.98 Å². The van der Waals surface area contributed by atoms with Gasteiger partial charge in [-0.2, -0.15) is 0 Å². The van der Waals surface area contributed by atoms with Crippen molar-refractivity contribution in [3.63, 3.8) is 0 Å². The maximum absolute atomic E-state index is 4.46. The number of nitrogens with zero attached hydrogens (tertiary/aromatic N) is 6. The van der Waals surface area contributed by atoms with Gasteiger partial charge in [-0.15, -0.1) is 21.5 Å². The van der Waals surface area contributed by atoms with Gasteiger partial charge >= 0.3 is 0 Å². The number of nitrogens with one attached hydrogen (secondary N) is 1. The molecule has 0 aliphatic rings. The van der Waals surface area contributed by atoms with Crippen molar-refractivity contribution in [2.24, 2.45) is 12.0 Å². The Morgan fingerprint density at radius 1 is 1.55 bits per heavy atom. The topological polar surface area (TPSA) is 71.2 Å². The molecule has 0 unspecified atom stereocenters. The van der Waals surface area contributed by atoms with Crippen molar-refractivity contribution in [1.29, 1.82) is 0 Å². The first kappa shape index (κ1) is 14.4. The Bertz CT molecular complexity index is 586. The Hall–Kier alpha value is -1.96. The van der Waals surface area contributed by atoms with Gasteiger partial charge in [0.2, 0.25) is 0 Å². The van der Waals surface area contributed by atoms with Gasteiger partial charge < -0.3 is 14.8 Å². The van der Waals surface area contributed by atoms with E-state index in [4.69, 9.17) is 0 Å². The number of guanidine groups is 1. The first-order valence-corrected chi connectivity index (χ1v) is 7.13. The van der Waals surface area contributed by atoms with Crippen LogP contribution in [0.4, 0.5) is 0 Å². The molecule has 0 spiro atoms. The Balaban J connectivity index is 1.93. The van der Waals surface area contributed by atoms with Gasteiger partial charge in [0.05, 0.1) is 23.8 Å². The van der Waals surface area contributed by atoms with Crippen molar-refractivity contribution in [3.05, 3.63) is 28.2 Å². The first-order valence-electron chi connectivity index (χ1n) is 6.26. The molecular formula is C12H19N7S. The highest BCUT2D eigenvalue weighted by molar-refractivity contribution is 7.09. The van der Waals surface area contributed by atoms with Gasteiger partial charge in [-0.1, -0.05) is 0 Å². The molecule has 0 aliphatic carbocycles. The number of aromatic nitrogens is 4. The number of aliphatic imine (C=N–C) groups is 1. The molecular weight excluding hydrogens is 274 g/mol. The minimum Gasteiger partial charge on any atom is -0.349 e. The molecule has 2 aromatic rings. The zero-order valence-electron chi connectivity index (χ0n) is 12.2. The molecule has 20 heavy (non-hydrogen) atoms. The lowest BCUT2D eigenvalue weighted by atomic mass is 10.4. The molecule has 2 aromatic heterocycles. The minimum atomic E-state index is 0.587. The highest BCUT2D eigenvalue weighted by Crippen LogP contribution is 2.09. The van der Waals surface area contributed by atoms with E-state index in [1.165, 1.54) is 0 Å². The quantitative estimate of drug-likeness (QED) is 0.666. The Labute approximate surface area is 122 Å². The van der Waals surface area contributed by atoms with E-state index in [1.54, 1.807) is 24.7 Å². The van der Waals surface area contributed by atoms with Crippen LogP contribution < -0.4 is 5.32 Å². The van der Waals surface area contributed by atoms with E-state index in [1.807, 2.05) is 30.5 Å². The zero-order chi connectivity index (χ0) is 14.5. The molecule has 0 fully saturated rings. The third-order valence-electron chi connectivity index (χ3n) is 2.85. The summed E-state index contributed by atoms with van der Waals surface area (Å²) in [6.07, 6.45) is 1.68. The highest BCUT2D eigenvalue weighted by Gasteiger charge is 2.09. The second kappa shape index (κ2) is 6.47. The molecule has 2 rings (SSSR count). The molecule has 0 aliphatic heterocycles. The van der Waals surface area contributed by atoms with Crippen LogP contribution in [0.2, 0.25) is 0 Å². The lowest BCUT2D eigenvalue weighted by molar-refractivity contribution is 0.468. The lowest BCUT2D eigenvalue weighted by Crippen LogP contribution is -2.38. The molecule has 0 aromatic carbocycles. The van der Waals surface area contributed by atoms with E-state index in [0.29, 0.717) is 6.54 Å². The maximum Gasteiger partial charge on any atom is 0.194 e. The van der Waals surface area contributed by atoms with Crippen LogP contribution >= 0.6 is 11.3 Å². The van der Waals surface area contributed by atoms with E-state index in [-0.39, 0.29) is 0 Å². The largest absolute Gasteiger partial charge is 0.349 e. The average molecular weight is 293 g/mol. The molecule has 0 bridgehead atoms. The standard InChI is InChI=1S/C12H19N7S/c1-9-16-10(7-20-9)6-18(3)12(13-2)14-5-11-17-15-8-19(11)4/h7-8H,5-6H2,1-4H3,(H,13,14). The molecule has 0 atom stereocenters. The van der Waals surface area contributed by atoms with Crippen LogP contribution in [0.1, 0.15) is 16.5 Å². The second-order valence-electron chi connectivity index (χ2n) is 4.47. The van der Waals surface area contributed by atoms with Crippen LogP contribution in [-0.2, 0) is 20.1 Å². The number of hydrogen-bond acceptors (Lipinski definition) is 5. The van der Waals surface area contributed by atoms with Gasteiger partial charge in [0.25, 0.3) is 0 Å². The molecule has 108 valence electrons. The van der Waals surface area contributed by atoms with Gasteiger partial charge in [-0.3, -0.25) is 4.99 Å². The van der Waals surface area contributed by atoms with Crippen molar-refractivity contribution < 1.29 is 0 Å². The molecule has 2 heterocycles. The summed E-state index contributed by atoms with van der Waals surface area (Å²) in [5, 5.41) is 14.3. The van der Waals surface area contributed by atoms with E-state index < -0.39 is 0 Å². The van der Waals surface area contributed by atoms with Crippen molar-refractivity contribution in [3.8, 4) is 0 Å². The third kappa shape index (κ3) is 3.53. The SMILES string of the molecule is CN=C(NCc1nncn1C)N(C)Cc1csc(C)n1. The monoisotopic (exact) mass is 293 g/mol. The smallest absolute Gasteiger partial charge is 0.194 e. The molecule has 0 amide bonds. The van der Waals surface area contributed by atoms with Gasteiger partial charge in [-0.05, 0) is 6.92 Å². The fourth-order valence-electron chi connectivity index (χ4n) is 1.81. The van der Waals surface area contributed by atoms with Crippen LogP contribution in [0.5, 0.6) is 0 Å². The van der Waals surface area contributed by atoms with Crippen LogP contribution in [-0.4, -0.2) is 44.7 Å². The van der Waals surface area contributed by atoms with E-state index in [9.17, 15) is 0 Å². The van der Waals surface area contributed by atoms with E-state index >= 15 is 0 Å². The number of hydrogen-bond donors (Lipinski definition) is 1. The second-order valence-corrected chi connectivity index (χ2v) is 5.53. The first-order chi connectivity index (χ1) is 9.60. The molecule has 8 heteroatoms. The van der Waals surface area contributed by atoms with Crippen molar-refractivity contribution in [2.75, 3.05) is 14.1 Å². The Morgan fingerprint density at radius 2 is 2.35 bits per heavy atom. The molecule has 1 N–H and O–H groups in total. The Morgan fingerprint density at radius 3 is 2.90 bits per heavy atom. The van der Waals surface area contributed by atoms with Gasteiger partial charge in [0.15, 0.2) is 11.8 Å². The van der Waals surface area contributed by atoms with Crippen LogP contribution in [0, 0.1) is 6.92 Å².